The SMILES string of the molecule is CNC1(C(C)(C)C)CCCCN1C(=O)OC(C)(C)C. The van der Waals surface area contributed by atoms with Crippen molar-refractivity contribution in [2.75, 3.05) is 13.6 Å². The van der Waals surface area contributed by atoms with E-state index in [1.54, 1.807) is 0 Å². The molecule has 0 radical (unpaired) electrons. The number of likely N-dealkylation sites (tertiary alicyclic amines) is 1. The molecule has 1 amide bonds. The van der Waals surface area contributed by atoms with Gasteiger partial charge in [-0.3, -0.25) is 10.2 Å². The molecule has 0 aromatic rings. The van der Waals surface area contributed by atoms with Gasteiger partial charge in [-0.25, -0.2) is 4.79 Å². The Morgan fingerprint density at radius 1 is 1.16 bits per heavy atom. The standard InChI is InChI=1S/C15H30N2O2/c1-13(2,3)15(16-7)10-8-9-11-17(15)12(18)19-14(4,5)6/h16H,8-11H2,1-7H3. The molecule has 0 saturated carbocycles. The Kier molecular flexibility index (Phi) is 4.55. The molecule has 1 aliphatic rings. The Bertz CT molecular complexity index is 328. The molecule has 1 aliphatic heterocycles. The molecule has 0 aliphatic carbocycles. The molecule has 1 unspecified atom stereocenters. The Morgan fingerprint density at radius 2 is 1.74 bits per heavy atom. The summed E-state index contributed by atoms with van der Waals surface area (Å²) in [5.41, 5.74) is -0.821. The summed E-state index contributed by atoms with van der Waals surface area (Å²) in [5, 5.41) is 3.40. The molecule has 1 N–H and O–H groups in total. The second kappa shape index (κ2) is 5.31. The molecule has 0 spiro atoms. The summed E-state index contributed by atoms with van der Waals surface area (Å²) < 4.78 is 5.58. The number of nitrogens with one attached hydrogen (secondary N) is 1. The summed E-state index contributed by atoms with van der Waals surface area (Å²) in [6.07, 6.45) is 2.93. The molecule has 4 nitrogen and oxygen atoms in total. The van der Waals surface area contributed by atoms with Crippen molar-refractivity contribution >= 4 is 6.09 Å². The molecule has 1 heterocycles. The minimum Gasteiger partial charge on any atom is -0.444 e. The normalized spacial score (nSPS) is 25.3. The van der Waals surface area contributed by atoms with Gasteiger partial charge in [0.1, 0.15) is 11.3 Å². The van der Waals surface area contributed by atoms with Gasteiger partial charge in [0, 0.05) is 6.54 Å². The van der Waals surface area contributed by atoms with Crippen molar-refractivity contribution in [3.63, 3.8) is 0 Å². The molecule has 1 atom stereocenters. The molecule has 19 heavy (non-hydrogen) atoms. The first-order chi connectivity index (χ1) is 8.53. The van der Waals surface area contributed by atoms with Gasteiger partial charge in [0.2, 0.25) is 0 Å². The zero-order valence-corrected chi connectivity index (χ0v) is 13.6. The lowest BCUT2D eigenvalue weighted by atomic mass is 9.74. The molecule has 1 fully saturated rings. The third kappa shape index (κ3) is 3.41. The molecule has 1 rings (SSSR count). The second-order valence-electron chi connectivity index (χ2n) is 7.45. The summed E-state index contributed by atoms with van der Waals surface area (Å²) in [4.78, 5) is 14.4. The van der Waals surface area contributed by atoms with E-state index in [1.165, 1.54) is 0 Å². The van der Waals surface area contributed by atoms with Gasteiger partial charge in [-0.2, -0.15) is 0 Å². The predicted molar refractivity (Wildman–Crippen MR) is 78.0 cm³/mol. The highest BCUT2D eigenvalue weighted by atomic mass is 16.6. The number of hydrogen-bond donors (Lipinski definition) is 1. The van der Waals surface area contributed by atoms with Crippen LogP contribution in [0.25, 0.3) is 0 Å². The fourth-order valence-electron chi connectivity index (χ4n) is 2.96. The zero-order valence-electron chi connectivity index (χ0n) is 13.6. The van der Waals surface area contributed by atoms with Crippen LogP contribution in [-0.4, -0.2) is 35.8 Å². The number of amides is 1. The van der Waals surface area contributed by atoms with Gasteiger partial charge in [0.15, 0.2) is 0 Å². The molecule has 4 heteroatoms. The predicted octanol–water partition coefficient (Wildman–Crippen LogP) is 3.37. The van der Waals surface area contributed by atoms with E-state index in [1.807, 2.05) is 32.7 Å². The number of ether oxygens (including phenoxy) is 1. The average molecular weight is 270 g/mol. The summed E-state index contributed by atoms with van der Waals surface area (Å²) >= 11 is 0. The highest BCUT2D eigenvalue weighted by Gasteiger charge is 2.49. The highest BCUT2D eigenvalue weighted by molar-refractivity contribution is 5.69. The molecular formula is C15H30N2O2. The largest absolute Gasteiger partial charge is 0.444 e. The van der Waals surface area contributed by atoms with Gasteiger partial charge < -0.3 is 4.74 Å². The van der Waals surface area contributed by atoms with Crippen molar-refractivity contribution in [3.05, 3.63) is 0 Å². The average Bonchev–Trinajstić information content (AvgIpc) is 2.25. The van der Waals surface area contributed by atoms with Crippen molar-refractivity contribution in [1.82, 2.24) is 10.2 Å². The quantitative estimate of drug-likeness (QED) is 0.794. The Morgan fingerprint density at radius 3 is 2.16 bits per heavy atom. The van der Waals surface area contributed by atoms with E-state index in [9.17, 15) is 4.79 Å². The Balaban J connectivity index is 3.04. The number of carbonyl (C=O) groups is 1. The van der Waals surface area contributed by atoms with Gasteiger partial charge in [0.05, 0.1) is 0 Å². The van der Waals surface area contributed by atoms with Crippen molar-refractivity contribution in [2.24, 2.45) is 5.41 Å². The summed E-state index contributed by atoms with van der Waals surface area (Å²) in [6, 6.07) is 0. The third-order valence-electron chi connectivity index (χ3n) is 3.90. The van der Waals surface area contributed by atoms with E-state index in [4.69, 9.17) is 4.74 Å². The number of nitrogens with zero attached hydrogens (tertiary/aromatic N) is 1. The maximum Gasteiger partial charge on any atom is 0.411 e. The second-order valence-corrected chi connectivity index (χ2v) is 7.45. The Labute approximate surface area is 117 Å². The number of rotatable bonds is 1. The van der Waals surface area contributed by atoms with Crippen LogP contribution in [0.3, 0.4) is 0 Å². The molecule has 0 aromatic carbocycles. The first kappa shape index (κ1) is 16.3. The van der Waals surface area contributed by atoms with Gasteiger partial charge in [-0.05, 0) is 52.5 Å². The summed E-state index contributed by atoms with van der Waals surface area (Å²) in [5.74, 6) is 0. The van der Waals surface area contributed by atoms with Gasteiger partial charge >= 0.3 is 6.09 Å². The molecule has 0 bridgehead atoms. The molecule has 0 aromatic heterocycles. The topological polar surface area (TPSA) is 41.6 Å². The summed E-state index contributed by atoms with van der Waals surface area (Å²) in [6.45, 7) is 13.0. The van der Waals surface area contributed by atoms with Crippen LogP contribution in [0.1, 0.15) is 60.8 Å². The van der Waals surface area contributed by atoms with Crippen molar-refractivity contribution < 1.29 is 9.53 Å². The molecule has 1 saturated heterocycles. The lowest BCUT2D eigenvalue weighted by Crippen LogP contribution is -2.68. The Hall–Kier alpha value is -0.770. The van der Waals surface area contributed by atoms with Crippen molar-refractivity contribution in [1.29, 1.82) is 0 Å². The van der Waals surface area contributed by atoms with Crippen LogP contribution >= 0.6 is 0 Å². The van der Waals surface area contributed by atoms with Crippen LogP contribution in [-0.2, 0) is 4.74 Å². The van der Waals surface area contributed by atoms with Crippen LogP contribution in [0.15, 0.2) is 0 Å². The lowest BCUT2D eigenvalue weighted by Gasteiger charge is -2.54. The first-order valence-electron chi connectivity index (χ1n) is 7.23. The fourth-order valence-corrected chi connectivity index (χ4v) is 2.96. The maximum atomic E-state index is 12.5. The fraction of sp³-hybridized carbons (Fsp3) is 0.933. The van der Waals surface area contributed by atoms with E-state index >= 15 is 0 Å². The number of piperidine rings is 1. The van der Waals surface area contributed by atoms with Crippen LogP contribution in [0.5, 0.6) is 0 Å². The smallest absolute Gasteiger partial charge is 0.411 e. The summed E-state index contributed by atoms with van der Waals surface area (Å²) in [7, 11) is 1.94. The maximum absolute atomic E-state index is 12.5. The van der Waals surface area contributed by atoms with E-state index in [-0.39, 0.29) is 17.2 Å². The van der Waals surface area contributed by atoms with Crippen LogP contribution in [0.4, 0.5) is 4.79 Å². The third-order valence-corrected chi connectivity index (χ3v) is 3.90. The van der Waals surface area contributed by atoms with E-state index in [2.05, 4.69) is 26.1 Å². The van der Waals surface area contributed by atoms with Crippen LogP contribution in [0.2, 0.25) is 0 Å². The number of hydrogen-bond acceptors (Lipinski definition) is 3. The lowest BCUT2D eigenvalue weighted by molar-refractivity contribution is -0.0695. The van der Waals surface area contributed by atoms with Gasteiger partial charge in [-0.15, -0.1) is 0 Å². The van der Waals surface area contributed by atoms with Crippen molar-refractivity contribution in [2.45, 2.75) is 72.1 Å². The zero-order chi connectivity index (χ0) is 14.9. The van der Waals surface area contributed by atoms with Crippen molar-refractivity contribution in [3.8, 4) is 0 Å². The highest BCUT2D eigenvalue weighted by Crippen LogP contribution is 2.40. The molecular weight excluding hydrogens is 240 g/mol. The van der Waals surface area contributed by atoms with Gasteiger partial charge in [0.25, 0.3) is 0 Å². The van der Waals surface area contributed by atoms with Gasteiger partial charge in [-0.1, -0.05) is 20.8 Å². The molecule has 112 valence electrons. The van der Waals surface area contributed by atoms with Crippen LogP contribution < -0.4 is 5.32 Å². The first-order valence-corrected chi connectivity index (χ1v) is 7.23. The monoisotopic (exact) mass is 270 g/mol. The number of carbonyl (C=O) groups excluding carboxylic acids is 1. The minimum absolute atomic E-state index is 0.0426. The van der Waals surface area contributed by atoms with E-state index in [0.717, 1.165) is 25.8 Å². The van der Waals surface area contributed by atoms with Crippen LogP contribution in [0, 0.1) is 5.41 Å². The minimum atomic E-state index is -0.452. The van der Waals surface area contributed by atoms with E-state index in [0.29, 0.717) is 0 Å². The van der Waals surface area contributed by atoms with E-state index < -0.39 is 5.60 Å².